The summed E-state index contributed by atoms with van der Waals surface area (Å²) in [7, 11) is -3.79. The molecular weight excluding hydrogens is 463 g/mol. The highest BCUT2D eigenvalue weighted by atomic mass is 35.5. The largest absolute Gasteiger partial charge is 0.480 e. The maximum atomic E-state index is 14.1. The van der Waals surface area contributed by atoms with Gasteiger partial charge in [0.15, 0.2) is 9.84 Å². The van der Waals surface area contributed by atoms with Gasteiger partial charge in [0.2, 0.25) is 0 Å². The zero-order chi connectivity index (χ0) is 22.3. The van der Waals surface area contributed by atoms with Crippen LogP contribution in [0.5, 0.6) is 0 Å². The zero-order valence-electron chi connectivity index (χ0n) is 16.6. The molecule has 1 aliphatic heterocycles. The Hall–Kier alpha value is -2.10. The van der Waals surface area contributed by atoms with Crippen molar-refractivity contribution in [3.05, 3.63) is 58.7 Å². The molecule has 1 aromatic heterocycles. The van der Waals surface area contributed by atoms with Crippen LogP contribution in [0.1, 0.15) is 28.9 Å². The van der Waals surface area contributed by atoms with Crippen LogP contribution < -0.4 is 0 Å². The van der Waals surface area contributed by atoms with Crippen molar-refractivity contribution in [1.29, 1.82) is 0 Å². The third-order valence-electron chi connectivity index (χ3n) is 5.66. The molecule has 1 aliphatic carbocycles. The Labute approximate surface area is 188 Å². The summed E-state index contributed by atoms with van der Waals surface area (Å²) < 4.78 is 46.5. The van der Waals surface area contributed by atoms with E-state index in [1.54, 1.807) is 29.7 Å². The number of carboxylic acid groups (broad SMARTS) is 1. The number of carboxylic acids is 1. The van der Waals surface area contributed by atoms with Crippen LogP contribution in [-0.4, -0.2) is 39.7 Å². The molecule has 164 valence electrons. The number of halogens is 2. The molecule has 0 bridgehead atoms. The van der Waals surface area contributed by atoms with Crippen molar-refractivity contribution >= 4 is 50.6 Å². The maximum absolute atomic E-state index is 14.1. The molecule has 2 atom stereocenters. The van der Waals surface area contributed by atoms with Crippen LogP contribution in [0.4, 0.5) is 4.39 Å². The van der Waals surface area contributed by atoms with Crippen molar-refractivity contribution in [2.75, 3.05) is 0 Å². The van der Waals surface area contributed by atoms with Gasteiger partial charge in [-0.1, -0.05) is 29.8 Å². The topological polar surface area (TPSA) is 88.7 Å². The Morgan fingerprint density at radius 1 is 1.32 bits per heavy atom. The minimum absolute atomic E-state index is 0.0112. The Kier molecular flexibility index (Phi) is 6.02. The predicted octanol–water partition coefficient (Wildman–Crippen LogP) is 4.19. The highest BCUT2D eigenvalue weighted by Crippen LogP contribution is 2.40. The Bertz CT molecular complexity index is 1210. The highest BCUT2D eigenvalue weighted by Gasteiger charge is 2.43. The fraction of sp³-hybridized carbons (Fsp3) is 0.333. The minimum atomic E-state index is -3.79. The van der Waals surface area contributed by atoms with Gasteiger partial charge in [0.05, 0.1) is 10.1 Å². The second kappa shape index (κ2) is 8.44. The summed E-state index contributed by atoms with van der Waals surface area (Å²) in [6.45, 7) is 1.55. The summed E-state index contributed by atoms with van der Waals surface area (Å²) in [4.78, 5) is 11.5. The van der Waals surface area contributed by atoms with Gasteiger partial charge < -0.3 is 9.67 Å². The first kappa shape index (κ1) is 22.1. The molecule has 2 unspecified atom stereocenters. The number of rotatable bonds is 6. The van der Waals surface area contributed by atoms with E-state index in [4.69, 9.17) is 11.6 Å². The molecule has 0 fully saturated rings. The van der Waals surface area contributed by atoms with Gasteiger partial charge in [-0.15, -0.1) is 0 Å². The van der Waals surface area contributed by atoms with Crippen molar-refractivity contribution in [2.45, 2.75) is 48.1 Å². The average Bonchev–Trinajstić information content (AvgIpc) is 3.21. The SMILES string of the molecule is Cc1c(CC2SN=C(Cl)C2S(=O)(=O)c2ccccc2)c2c(n1CC(=O)O)CCC(F)=C2. The van der Waals surface area contributed by atoms with E-state index in [-0.39, 0.29) is 35.3 Å². The van der Waals surface area contributed by atoms with Crippen LogP contribution >= 0.6 is 23.5 Å². The number of nitrogens with zero attached hydrogens (tertiary/aromatic N) is 2. The summed E-state index contributed by atoms with van der Waals surface area (Å²) in [6, 6.07) is 8.07. The molecule has 31 heavy (non-hydrogen) atoms. The first-order valence-corrected chi connectivity index (χ1v) is 12.4. The number of fused-ring (bicyclic) bond motifs is 1. The molecule has 2 heterocycles. The van der Waals surface area contributed by atoms with E-state index in [0.29, 0.717) is 17.7 Å². The monoisotopic (exact) mass is 482 g/mol. The van der Waals surface area contributed by atoms with Crippen LogP contribution in [-0.2, 0) is 34.0 Å². The van der Waals surface area contributed by atoms with Gasteiger partial charge in [-0.3, -0.25) is 4.79 Å². The molecule has 1 N–H and O–H groups in total. The number of allylic oxidation sites excluding steroid dienone is 1. The molecule has 0 saturated carbocycles. The van der Waals surface area contributed by atoms with Crippen molar-refractivity contribution in [3.63, 3.8) is 0 Å². The van der Waals surface area contributed by atoms with Gasteiger partial charge in [-0.2, -0.15) is 0 Å². The van der Waals surface area contributed by atoms with Crippen molar-refractivity contribution in [3.8, 4) is 0 Å². The van der Waals surface area contributed by atoms with E-state index in [2.05, 4.69) is 4.40 Å². The fourth-order valence-corrected chi connectivity index (χ4v) is 8.02. The summed E-state index contributed by atoms with van der Waals surface area (Å²) in [5.74, 6) is -1.27. The summed E-state index contributed by atoms with van der Waals surface area (Å²) in [5, 5.41) is 7.78. The molecule has 6 nitrogen and oxygen atoms in total. The first-order chi connectivity index (χ1) is 14.7. The number of sulfone groups is 1. The number of benzene rings is 1. The highest BCUT2D eigenvalue weighted by molar-refractivity contribution is 8.02. The van der Waals surface area contributed by atoms with E-state index in [1.807, 2.05) is 0 Å². The molecular formula is C21H20ClFN2O4S2. The maximum Gasteiger partial charge on any atom is 0.323 e. The van der Waals surface area contributed by atoms with E-state index >= 15 is 0 Å². The second-order valence-corrected chi connectivity index (χ2v) is 11.0. The van der Waals surface area contributed by atoms with Gasteiger partial charge in [0, 0.05) is 23.4 Å². The quantitative estimate of drug-likeness (QED) is 0.623. The molecule has 2 aliphatic rings. The van der Waals surface area contributed by atoms with Crippen molar-refractivity contribution in [1.82, 2.24) is 4.57 Å². The van der Waals surface area contributed by atoms with Crippen LogP contribution in [0.3, 0.4) is 0 Å². The fourth-order valence-electron chi connectivity index (χ4n) is 4.20. The van der Waals surface area contributed by atoms with Gasteiger partial charge in [-0.05, 0) is 55.5 Å². The molecule has 4 rings (SSSR count). The number of hydrogen-bond donors (Lipinski definition) is 1. The molecule has 0 amide bonds. The van der Waals surface area contributed by atoms with Crippen LogP contribution in [0, 0.1) is 6.92 Å². The third-order valence-corrected chi connectivity index (χ3v) is 9.54. The molecule has 0 spiro atoms. The number of aliphatic carboxylic acids is 1. The number of hydrogen-bond acceptors (Lipinski definition) is 5. The number of aromatic nitrogens is 1. The van der Waals surface area contributed by atoms with Crippen LogP contribution in [0.25, 0.3) is 6.08 Å². The summed E-state index contributed by atoms with van der Waals surface area (Å²) >= 11 is 7.34. The first-order valence-electron chi connectivity index (χ1n) is 9.67. The third kappa shape index (κ3) is 4.06. The normalized spacial score (nSPS) is 20.9. The van der Waals surface area contributed by atoms with Crippen LogP contribution in [0.15, 0.2) is 45.5 Å². The lowest BCUT2D eigenvalue weighted by atomic mass is 9.97. The lowest BCUT2D eigenvalue weighted by Crippen LogP contribution is -2.35. The molecule has 10 heteroatoms. The van der Waals surface area contributed by atoms with E-state index in [0.717, 1.165) is 23.2 Å². The lowest BCUT2D eigenvalue weighted by Gasteiger charge is -2.19. The predicted molar refractivity (Wildman–Crippen MR) is 120 cm³/mol. The zero-order valence-corrected chi connectivity index (χ0v) is 19.0. The Balaban J connectivity index is 1.74. The lowest BCUT2D eigenvalue weighted by molar-refractivity contribution is -0.137. The van der Waals surface area contributed by atoms with Crippen molar-refractivity contribution in [2.24, 2.45) is 4.40 Å². The average molecular weight is 483 g/mol. The number of carbonyl (C=O) groups is 1. The van der Waals surface area contributed by atoms with Gasteiger partial charge in [-0.25, -0.2) is 17.2 Å². The van der Waals surface area contributed by atoms with Crippen LogP contribution in [0.2, 0.25) is 0 Å². The van der Waals surface area contributed by atoms with E-state index < -0.39 is 26.3 Å². The summed E-state index contributed by atoms with van der Waals surface area (Å²) in [5.41, 5.74) is 2.83. The van der Waals surface area contributed by atoms with Crippen molar-refractivity contribution < 1.29 is 22.7 Å². The minimum Gasteiger partial charge on any atom is -0.480 e. The molecule has 0 radical (unpaired) electrons. The Morgan fingerprint density at radius 3 is 2.71 bits per heavy atom. The molecule has 1 aromatic carbocycles. The standard InChI is InChI=1S/C21H20ClFN2O4S2/c1-12-15(16-9-13(23)7-8-17(16)25(12)11-19(26)27)10-18-20(21(22)24-30-18)31(28,29)14-5-3-2-4-6-14/h2-6,9,18,20H,7-8,10-11H2,1H3,(H,26,27). The van der Waals surface area contributed by atoms with Gasteiger partial charge in [0.1, 0.15) is 22.8 Å². The summed E-state index contributed by atoms with van der Waals surface area (Å²) in [6.07, 6.45) is 2.31. The second-order valence-electron chi connectivity index (χ2n) is 7.54. The molecule has 0 saturated heterocycles. The smallest absolute Gasteiger partial charge is 0.323 e. The van der Waals surface area contributed by atoms with E-state index in [9.17, 15) is 22.7 Å². The Morgan fingerprint density at radius 2 is 2.03 bits per heavy atom. The van der Waals surface area contributed by atoms with Gasteiger partial charge >= 0.3 is 5.97 Å². The molecule has 2 aromatic rings. The van der Waals surface area contributed by atoms with E-state index in [1.165, 1.54) is 18.2 Å². The van der Waals surface area contributed by atoms with Gasteiger partial charge in [0.25, 0.3) is 0 Å².